The first kappa shape index (κ1) is 10.2. The highest BCUT2D eigenvalue weighted by atomic mass is 16.5. The third-order valence-corrected chi connectivity index (χ3v) is 1.68. The summed E-state index contributed by atoms with van der Waals surface area (Å²) in [6.45, 7) is 3.14. The zero-order valence-corrected chi connectivity index (χ0v) is 8.02. The van der Waals surface area contributed by atoms with Crippen molar-refractivity contribution in [2.24, 2.45) is 5.16 Å². The van der Waals surface area contributed by atoms with Crippen LogP contribution >= 0.6 is 0 Å². The van der Waals surface area contributed by atoms with E-state index >= 15 is 0 Å². The lowest BCUT2D eigenvalue weighted by molar-refractivity contribution is -0.131. The Hall–Kier alpha value is -1.84. The summed E-state index contributed by atoms with van der Waals surface area (Å²) in [4.78, 5) is 10.8. The Labute approximate surface area is 81.8 Å². The number of hydrogen-bond acceptors (Lipinski definition) is 4. The van der Waals surface area contributed by atoms with Crippen LogP contribution in [0.2, 0.25) is 0 Å². The molecule has 0 aliphatic rings. The van der Waals surface area contributed by atoms with Gasteiger partial charge in [0.2, 0.25) is 0 Å². The summed E-state index contributed by atoms with van der Waals surface area (Å²) in [5.74, 6) is 0.0321. The summed E-state index contributed by atoms with van der Waals surface area (Å²) in [6, 6.07) is 5.30. The highest BCUT2D eigenvalue weighted by Gasteiger charge is 2.07. The Morgan fingerprint density at radius 3 is 2.86 bits per heavy atom. The first-order valence-electron chi connectivity index (χ1n) is 4.10. The Bertz CT molecular complexity index is 372. The van der Waals surface area contributed by atoms with Gasteiger partial charge >= 0.3 is 5.97 Å². The van der Waals surface area contributed by atoms with E-state index in [0.717, 1.165) is 5.56 Å². The third-order valence-electron chi connectivity index (χ3n) is 1.68. The van der Waals surface area contributed by atoms with E-state index < -0.39 is 5.97 Å². The normalized spacial score (nSPS) is 10.4. The summed E-state index contributed by atoms with van der Waals surface area (Å²) in [6.07, 6.45) is 1.23. The van der Waals surface area contributed by atoms with E-state index in [0.29, 0.717) is 11.3 Å². The predicted molar refractivity (Wildman–Crippen MR) is 51.9 cm³/mol. The molecule has 1 aromatic carbocycles. The first-order chi connectivity index (χ1) is 6.65. The van der Waals surface area contributed by atoms with Gasteiger partial charge in [-0.2, -0.15) is 0 Å². The predicted octanol–water partition coefficient (Wildman–Crippen LogP) is 1.73. The molecule has 0 amide bonds. The Morgan fingerprint density at radius 1 is 1.57 bits per heavy atom. The topological polar surface area (TPSA) is 58.9 Å². The highest BCUT2D eigenvalue weighted by molar-refractivity contribution is 5.85. The van der Waals surface area contributed by atoms with Gasteiger partial charge in [0.15, 0.2) is 0 Å². The van der Waals surface area contributed by atoms with Crippen molar-refractivity contribution in [3.63, 3.8) is 0 Å². The van der Waals surface area contributed by atoms with E-state index in [4.69, 9.17) is 9.94 Å². The number of para-hydroxylation sites is 1. The summed E-state index contributed by atoms with van der Waals surface area (Å²) >= 11 is 0. The molecule has 0 aliphatic carbocycles. The summed E-state index contributed by atoms with van der Waals surface area (Å²) < 4.78 is 4.99. The average Bonchev–Trinajstić information content (AvgIpc) is 2.11. The smallest absolute Gasteiger partial charge is 0.308 e. The van der Waals surface area contributed by atoms with Gasteiger partial charge in [-0.25, -0.2) is 0 Å². The number of carbonyl (C=O) groups is 1. The van der Waals surface area contributed by atoms with Gasteiger partial charge in [0.05, 0.1) is 6.21 Å². The van der Waals surface area contributed by atoms with Crippen LogP contribution in [0.25, 0.3) is 0 Å². The molecule has 0 aromatic heterocycles. The quantitative estimate of drug-likeness (QED) is 0.256. The number of rotatable bonds is 2. The maximum Gasteiger partial charge on any atom is 0.308 e. The van der Waals surface area contributed by atoms with Crippen LogP contribution in [0.4, 0.5) is 0 Å². The zero-order chi connectivity index (χ0) is 10.6. The molecule has 0 aliphatic heterocycles. The van der Waals surface area contributed by atoms with Gasteiger partial charge in [-0.05, 0) is 18.6 Å². The molecule has 1 aromatic rings. The van der Waals surface area contributed by atoms with Gasteiger partial charge in [0.25, 0.3) is 0 Å². The van der Waals surface area contributed by atoms with Crippen LogP contribution in [-0.4, -0.2) is 17.4 Å². The van der Waals surface area contributed by atoms with E-state index in [1.807, 2.05) is 13.0 Å². The lowest BCUT2D eigenvalue weighted by atomic mass is 10.1. The van der Waals surface area contributed by atoms with Crippen LogP contribution in [0.3, 0.4) is 0 Å². The van der Waals surface area contributed by atoms with Crippen LogP contribution in [-0.2, 0) is 4.79 Å². The third kappa shape index (κ3) is 2.32. The summed E-state index contributed by atoms with van der Waals surface area (Å²) in [5, 5.41) is 11.3. The molecule has 0 bridgehead atoms. The molecule has 0 fully saturated rings. The molecule has 0 atom stereocenters. The van der Waals surface area contributed by atoms with Gasteiger partial charge in [-0.3, -0.25) is 4.79 Å². The molecular weight excluding hydrogens is 182 g/mol. The van der Waals surface area contributed by atoms with Gasteiger partial charge in [-0.15, -0.1) is 0 Å². The van der Waals surface area contributed by atoms with Crippen molar-refractivity contribution in [2.75, 3.05) is 0 Å². The number of esters is 1. The molecule has 4 nitrogen and oxygen atoms in total. The lowest BCUT2D eigenvalue weighted by Gasteiger charge is -2.07. The van der Waals surface area contributed by atoms with Gasteiger partial charge in [0, 0.05) is 12.5 Å². The van der Waals surface area contributed by atoms with Gasteiger partial charge in [-0.1, -0.05) is 17.3 Å². The minimum absolute atomic E-state index is 0.396. The highest BCUT2D eigenvalue weighted by Crippen LogP contribution is 2.21. The minimum Gasteiger partial charge on any atom is -0.426 e. The van der Waals surface area contributed by atoms with Crippen LogP contribution in [0, 0.1) is 6.92 Å². The zero-order valence-electron chi connectivity index (χ0n) is 8.02. The fraction of sp³-hybridized carbons (Fsp3) is 0.200. The number of aryl methyl sites for hydroxylation is 1. The molecule has 0 unspecified atom stereocenters. The van der Waals surface area contributed by atoms with Crippen molar-refractivity contribution in [2.45, 2.75) is 13.8 Å². The number of benzene rings is 1. The van der Waals surface area contributed by atoms with Crippen molar-refractivity contribution in [3.8, 4) is 5.75 Å². The minimum atomic E-state index is -0.396. The first-order valence-corrected chi connectivity index (χ1v) is 4.10. The molecule has 0 saturated carbocycles. The molecule has 0 radical (unpaired) electrons. The molecule has 0 heterocycles. The number of ether oxygens (including phenoxy) is 1. The number of hydrogen-bond donors (Lipinski definition) is 1. The SMILES string of the molecule is CC(=O)Oc1c(C)cccc1/C=N\O. The van der Waals surface area contributed by atoms with E-state index in [1.165, 1.54) is 13.1 Å². The van der Waals surface area contributed by atoms with Crippen molar-refractivity contribution in [1.82, 2.24) is 0 Å². The van der Waals surface area contributed by atoms with Crippen molar-refractivity contribution < 1.29 is 14.7 Å². The molecule has 4 heteroatoms. The molecule has 1 N–H and O–H groups in total. The number of oxime groups is 1. The van der Waals surface area contributed by atoms with Crippen LogP contribution in [0.15, 0.2) is 23.4 Å². The fourth-order valence-electron chi connectivity index (χ4n) is 1.12. The van der Waals surface area contributed by atoms with Crippen LogP contribution in [0.5, 0.6) is 5.75 Å². The molecule has 14 heavy (non-hydrogen) atoms. The van der Waals surface area contributed by atoms with Crippen molar-refractivity contribution in [1.29, 1.82) is 0 Å². The van der Waals surface area contributed by atoms with E-state index in [9.17, 15) is 4.79 Å². The molecule has 1 rings (SSSR count). The Kier molecular flexibility index (Phi) is 3.23. The average molecular weight is 193 g/mol. The Morgan fingerprint density at radius 2 is 2.29 bits per heavy atom. The standard InChI is InChI=1S/C10H11NO3/c1-7-4-3-5-9(6-11-13)10(7)14-8(2)12/h3-6,13H,1-2H3/b11-6-. The van der Waals surface area contributed by atoms with Crippen molar-refractivity contribution >= 4 is 12.2 Å². The monoisotopic (exact) mass is 193 g/mol. The van der Waals surface area contributed by atoms with Crippen LogP contribution in [0.1, 0.15) is 18.1 Å². The van der Waals surface area contributed by atoms with Crippen LogP contribution < -0.4 is 4.74 Å². The second-order valence-electron chi connectivity index (χ2n) is 2.83. The maximum absolute atomic E-state index is 10.8. The van der Waals surface area contributed by atoms with E-state index in [2.05, 4.69) is 5.16 Å². The van der Waals surface area contributed by atoms with Gasteiger partial charge in [0.1, 0.15) is 5.75 Å². The second kappa shape index (κ2) is 4.41. The molecule has 74 valence electrons. The second-order valence-corrected chi connectivity index (χ2v) is 2.83. The largest absolute Gasteiger partial charge is 0.426 e. The van der Waals surface area contributed by atoms with E-state index in [-0.39, 0.29) is 0 Å². The number of nitrogens with zero attached hydrogens (tertiary/aromatic N) is 1. The van der Waals surface area contributed by atoms with E-state index in [1.54, 1.807) is 12.1 Å². The van der Waals surface area contributed by atoms with Crippen molar-refractivity contribution in [3.05, 3.63) is 29.3 Å². The molecule has 0 saturated heterocycles. The Balaban J connectivity index is 3.14. The fourth-order valence-corrected chi connectivity index (χ4v) is 1.12. The summed E-state index contributed by atoms with van der Waals surface area (Å²) in [7, 11) is 0. The molecular formula is C10H11NO3. The van der Waals surface area contributed by atoms with Gasteiger partial charge < -0.3 is 9.94 Å². The lowest BCUT2D eigenvalue weighted by Crippen LogP contribution is -2.05. The number of carbonyl (C=O) groups excluding carboxylic acids is 1. The maximum atomic E-state index is 10.8. The molecule has 0 spiro atoms. The summed E-state index contributed by atoms with van der Waals surface area (Å²) in [5.41, 5.74) is 1.39.